The van der Waals surface area contributed by atoms with E-state index in [1.54, 1.807) is 24.3 Å². The SMILES string of the molecule is Cc1ccc(/C=C/C(=O)O)cc1Oc1ccc(Cl)cc1Br. The summed E-state index contributed by atoms with van der Waals surface area (Å²) in [5.74, 6) is 0.311. The van der Waals surface area contributed by atoms with Crippen molar-refractivity contribution in [2.24, 2.45) is 0 Å². The predicted octanol–water partition coefficient (Wildman–Crippen LogP) is 5.30. The van der Waals surface area contributed by atoms with E-state index in [9.17, 15) is 4.79 Å². The molecule has 2 aromatic rings. The quantitative estimate of drug-likeness (QED) is 0.746. The first-order valence-corrected chi connectivity index (χ1v) is 7.27. The summed E-state index contributed by atoms with van der Waals surface area (Å²) in [5.41, 5.74) is 1.70. The minimum absolute atomic E-state index is 0.615. The fourth-order valence-corrected chi connectivity index (χ4v) is 2.44. The number of carboxylic acid groups (broad SMARTS) is 1. The number of ether oxygens (including phenoxy) is 1. The topological polar surface area (TPSA) is 46.5 Å². The number of hydrogen-bond donors (Lipinski definition) is 1. The van der Waals surface area contributed by atoms with Gasteiger partial charge in [0.1, 0.15) is 11.5 Å². The van der Waals surface area contributed by atoms with Gasteiger partial charge in [-0.25, -0.2) is 4.79 Å². The molecular formula is C16H12BrClO3. The fourth-order valence-electron chi connectivity index (χ4n) is 1.67. The summed E-state index contributed by atoms with van der Waals surface area (Å²) in [6, 6.07) is 10.8. The highest BCUT2D eigenvalue weighted by Gasteiger charge is 2.06. The van der Waals surface area contributed by atoms with Crippen LogP contribution < -0.4 is 4.74 Å². The number of halogens is 2. The lowest BCUT2D eigenvalue weighted by Crippen LogP contribution is -1.90. The maximum absolute atomic E-state index is 10.6. The van der Waals surface area contributed by atoms with Crippen molar-refractivity contribution < 1.29 is 14.6 Å². The maximum Gasteiger partial charge on any atom is 0.328 e. The Bertz CT molecular complexity index is 711. The molecule has 0 saturated carbocycles. The number of carbonyl (C=O) groups is 1. The second kappa shape index (κ2) is 6.78. The summed E-state index contributed by atoms with van der Waals surface area (Å²) < 4.78 is 6.61. The fraction of sp³-hybridized carbons (Fsp3) is 0.0625. The molecule has 0 amide bonds. The van der Waals surface area contributed by atoms with E-state index in [2.05, 4.69) is 15.9 Å². The molecule has 0 fully saturated rings. The van der Waals surface area contributed by atoms with E-state index in [4.69, 9.17) is 21.4 Å². The Balaban J connectivity index is 2.30. The Morgan fingerprint density at radius 1 is 1.24 bits per heavy atom. The summed E-state index contributed by atoms with van der Waals surface area (Å²) in [7, 11) is 0. The van der Waals surface area contributed by atoms with Gasteiger partial charge in [-0.05, 0) is 64.3 Å². The second-order valence-corrected chi connectivity index (χ2v) is 5.66. The summed E-state index contributed by atoms with van der Waals surface area (Å²) in [4.78, 5) is 10.6. The zero-order valence-electron chi connectivity index (χ0n) is 11.1. The number of aryl methyl sites for hydroxylation is 1. The standard InChI is InChI=1S/C16H12BrClO3/c1-10-2-3-11(4-7-16(19)20)8-15(10)21-14-6-5-12(18)9-13(14)17/h2-9H,1H3,(H,19,20)/b7-4+. The van der Waals surface area contributed by atoms with E-state index in [1.807, 2.05) is 19.1 Å². The number of benzene rings is 2. The van der Waals surface area contributed by atoms with Gasteiger partial charge in [0.15, 0.2) is 0 Å². The lowest BCUT2D eigenvalue weighted by atomic mass is 10.1. The number of rotatable bonds is 4. The van der Waals surface area contributed by atoms with E-state index in [0.717, 1.165) is 21.7 Å². The molecule has 0 atom stereocenters. The molecular weight excluding hydrogens is 356 g/mol. The van der Waals surface area contributed by atoms with Gasteiger partial charge in [-0.1, -0.05) is 23.7 Å². The molecule has 3 nitrogen and oxygen atoms in total. The monoisotopic (exact) mass is 366 g/mol. The van der Waals surface area contributed by atoms with E-state index in [1.165, 1.54) is 6.08 Å². The Morgan fingerprint density at radius 3 is 2.67 bits per heavy atom. The Hall–Kier alpha value is -1.78. The van der Waals surface area contributed by atoms with Gasteiger partial charge in [0.05, 0.1) is 4.47 Å². The van der Waals surface area contributed by atoms with E-state index in [0.29, 0.717) is 16.5 Å². The van der Waals surface area contributed by atoms with Crippen molar-refractivity contribution in [2.45, 2.75) is 6.92 Å². The van der Waals surface area contributed by atoms with Crippen LogP contribution >= 0.6 is 27.5 Å². The van der Waals surface area contributed by atoms with Gasteiger partial charge in [-0.3, -0.25) is 0 Å². The van der Waals surface area contributed by atoms with Crippen molar-refractivity contribution in [2.75, 3.05) is 0 Å². The molecule has 0 bridgehead atoms. The number of carboxylic acids is 1. The largest absolute Gasteiger partial charge is 0.478 e. The highest BCUT2D eigenvalue weighted by molar-refractivity contribution is 9.10. The Morgan fingerprint density at radius 2 is 2.00 bits per heavy atom. The van der Waals surface area contributed by atoms with Crippen LogP contribution in [-0.4, -0.2) is 11.1 Å². The first-order valence-electron chi connectivity index (χ1n) is 6.10. The maximum atomic E-state index is 10.6. The van der Waals surface area contributed by atoms with Crippen molar-refractivity contribution in [1.82, 2.24) is 0 Å². The van der Waals surface area contributed by atoms with Crippen molar-refractivity contribution in [1.29, 1.82) is 0 Å². The molecule has 0 saturated heterocycles. The Kier molecular flexibility index (Phi) is 5.04. The van der Waals surface area contributed by atoms with Gasteiger partial charge in [0, 0.05) is 11.1 Å². The molecule has 0 unspecified atom stereocenters. The van der Waals surface area contributed by atoms with Gasteiger partial charge < -0.3 is 9.84 Å². The third kappa shape index (κ3) is 4.34. The van der Waals surface area contributed by atoms with Crippen LogP contribution in [0.5, 0.6) is 11.5 Å². The summed E-state index contributed by atoms with van der Waals surface area (Å²) >= 11 is 9.29. The third-order valence-corrected chi connectivity index (χ3v) is 3.60. The van der Waals surface area contributed by atoms with Gasteiger partial charge in [-0.2, -0.15) is 0 Å². The van der Waals surface area contributed by atoms with Crippen LogP contribution in [0.2, 0.25) is 5.02 Å². The van der Waals surface area contributed by atoms with Crippen LogP contribution in [-0.2, 0) is 4.79 Å². The van der Waals surface area contributed by atoms with Crippen LogP contribution in [0.15, 0.2) is 46.9 Å². The summed E-state index contributed by atoms with van der Waals surface area (Å²) in [6.07, 6.45) is 2.61. The van der Waals surface area contributed by atoms with Crippen LogP contribution in [0.1, 0.15) is 11.1 Å². The molecule has 0 heterocycles. The zero-order valence-corrected chi connectivity index (χ0v) is 13.5. The van der Waals surface area contributed by atoms with Crippen molar-refractivity contribution >= 4 is 39.6 Å². The van der Waals surface area contributed by atoms with E-state index >= 15 is 0 Å². The molecule has 0 aromatic heterocycles. The summed E-state index contributed by atoms with van der Waals surface area (Å²) in [5, 5.41) is 9.27. The predicted molar refractivity (Wildman–Crippen MR) is 87.1 cm³/mol. The van der Waals surface area contributed by atoms with Crippen molar-refractivity contribution in [3.8, 4) is 11.5 Å². The average Bonchev–Trinajstić information content (AvgIpc) is 2.42. The van der Waals surface area contributed by atoms with Crippen LogP contribution in [0.3, 0.4) is 0 Å². The Labute approximate surface area is 135 Å². The van der Waals surface area contributed by atoms with Crippen LogP contribution in [0, 0.1) is 6.92 Å². The minimum Gasteiger partial charge on any atom is -0.478 e. The molecule has 5 heteroatoms. The van der Waals surface area contributed by atoms with Crippen LogP contribution in [0.25, 0.3) is 6.08 Å². The molecule has 0 aliphatic rings. The number of aliphatic carboxylic acids is 1. The molecule has 21 heavy (non-hydrogen) atoms. The normalized spacial score (nSPS) is 10.8. The first kappa shape index (κ1) is 15.6. The van der Waals surface area contributed by atoms with Gasteiger partial charge in [0.2, 0.25) is 0 Å². The average molecular weight is 368 g/mol. The first-order chi connectivity index (χ1) is 9.95. The van der Waals surface area contributed by atoms with Crippen LogP contribution in [0.4, 0.5) is 0 Å². The third-order valence-electron chi connectivity index (χ3n) is 2.74. The molecule has 0 spiro atoms. The smallest absolute Gasteiger partial charge is 0.328 e. The molecule has 2 rings (SSSR count). The van der Waals surface area contributed by atoms with Crippen molar-refractivity contribution in [3.63, 3.8) is 0 Å². The van der Waals surface area contributed by atoms with E-state index in [-0.39, 0.29) is 0 Å². The number of hydrogen-bond acceptors (Lipinski definition) is 2. The van der Waals surface area contributed by atoms with Gasteiger partial charge >= 0.3 is 5.97 Å². The molecule has 108 valence electrons. The second-order valence-electron chi connectivity index (χ2n) is 4.37. The van der Waals surface area contributed by atoms with Gasteiger partial charge in [0.25, 0.3) is 0 Å². The van der Waals surface area contributed by atoms with Crippen molar-refractivity contribution in [3.05, 3.63) is 63.1 Å². The molecule has 2 aromatic carbocycles. The molecule has 0 aliphatic carbocycles. The zero-order chi connectivity index (χ0) is 15.4. The highest BCUT2D eigenvalue weighted by atomic mass is 79.9. The van der Waals surface area contributed by atoms with Gasteiger partial charge in [-0.15, -0.1) is 0 Å². The molecule has 0 aliphatic heterocycles. The lowest BCUT2D eigenvalue weighted by molar-refractivity contribution is -0.131. The molecule has 1 N–H and O–H groups in total. The lowest BCUT2D eigenvalue weighted by Gasteiger charge is -2.11. The highest BCUT2D eigenvalue weighted by Crippen LogP contribution is 2.33. The molecule has 0 radical (unpaired) electrons. The minimum atomic E-state index is -0.988. The van der Waals surface area contributed by atoms with E-state index < -0.39 is 5.97 Å². The summed E-state index contributed by atoms with van der Waals surface area (Å²) in [6.45, 7) is 1.92.